The SMILES string of the molecule is COc1ccc(N(CCC(N)=O)CC(=O)N2CCN(c3ccccc3[N+](=O)[O-])CC2)cc1. The van der Waals surface area contributed by atoms with Crippen LogP contribution in [0.1, 0.15) is 6.42 Å². The zero-order valence-electron chi connectivity index (χ0n) is 18.0. The van der Waals surface area contributed by atoms with Crippen molar-refractivity contribution in [3.63, 3.8) is 0 Å². The number of benzene rings is 2. The highest BCUT2D eigenvalue weighted by Gasteiger charge is 2.26. The van der Waals surface area contributed by atoms with Crippen LogP contribution in [0.3, 0.4) is 0 Å². The standard InChI is InChI=1S/C22H27N5O5/c1-32-18-8-6-17(7-9-18)26(11-10-21(23)28)16-22(29)25-14-12-24(13-15-25)19-4-2-3-5-20(19)27(30)31/h2-9H,10-16H2,1H3,(H2,23,28). The van der Waals surface area contributed by atoms with Crippen molar-refractivity contribution in [1.82, 2.24) is 4.90 Å². The van der Waals surface area contributed by atoms with Crippen molar-refractivity contribution < 1.29 is 19.2 Å². The number of anilines is 2. The predicted octanol–water partition coefficient (Wildman–Crippen LogP) is 1.63. The number of piperazine rings is 1. The number of carbonyl (C=O) groups excluding carboxylic acids is 2. The molecule has 0 radical (unpaired) electrons. The number of nitrogens with two attached hydrogens (primary N) is 1. The number of rotatable bonds is 9. The van der Waals surface area contributed by atoms with E-state index in [1.807, 2.05) is 21.9 Å². The van der Waals surface area contributed by atoms with Gasteiger partial charge in [0.15, 0.2) is 0 Å². The first-order valence-corrected chi connectivity index (χ1v) is 10.3. The van der Waals surface area contributed by atoms with Gasteiger partial charge in [-0.3, -0.25) is 19.7 Å². The van der Waals surface area contributed by atoms with Crippen molar-refractivity contribution in [2.24, 2.45) is 5.73 Å². The molecule has 170 valence electrons. The smallest absolute Gasteiger partial charge is 0.292 e. The molecule has 2 amide bonds. The number of ether oxygens (including phenoxy) is 1. The summed E-state index contributed by atoms with van der Waals surface area (Å²) in [6, 6.07) is 13.9. The molecule has 3 rings (SSSR count). The van der Waals surface area contributed by atoms with E-state index < -0.39 is 10.8 Å². The van der Waals surface area contributed by atoms with Gasteiger partial charge in [-0.2, -0.15) is 0 Å². The van der Waals surface area contributed by atoms with Gasteiger partial charge < -0.3 is 25.2 Å². The highest BCUT2D eigenvalue weighted by molar-refractivity contribution is 5.82. The Balaban J connectivity index is 1.64. The van der Waals surface area contributed by atoms with Crippen LogP contribution in [0.4, 0.5) is 17.1 Å². The molecule has 1 saturated heterocycles. The fourth-order valence-corrected chi connectivity index (χ4v) is 3.68. The number of nitro groups is 1. The lowest BCUT2D eigenvalue weighted by Gasteiger charge is -2.37. The molecule has 32 heavy (non-hydrogen) atoms. The number of amides is 2. The molecule has 0 bridgehead atoms. The Kier molecular flexibility index (Phi) is 7.48. The second-order valence-corrected chi connectivity index (χ2v) is 7.45. The molecule has 10 heteroatoms. The summed E-state index contributed by atoms with van der Waals surface area (Å²) in [5, 5.41) is 11.3. The Labute approximate surface area is 186 Å². The van der Waals surface area contributed by atoms with Gasteiger partial charge in [-0.15, -0.1) is 0 Å². The summed E-state index contributed by atoms with van der Waals surface area (Å²) in [5.74, 6) is 0.183. The quantitative estimate of drug-likeness (QED) is 0.464. The minimum Gasteiger partial charge on any atom is -0.497 e. The third kappa shape index (κ3) is 5.65. The fourth-order valence-electron chi connectivity index (χ4n) is 3.68. The number of para-hydroxylation sites is 2. The van der Waals surface area contributed by atoms with Crippen molar-refractivity contribution in [3.8, 4) is 5.75 Å². The average molecular weight is 441 g/mol. The summed E-state index contributed by atoms with van der Waals surface area (Å²) in [6.07, 6.45) is 0.130. The summed E-state index contributed by atoms with van der Waals surface area (Å²) < 4.78 is 5.18. The third-order valence-corrected chi connectivity index (χ3v) is 5.44. The first-order chi connectivity index (χ1) is 15.4. The molecule has 0 spiro atoms. The number of hydrogen-bond acceptors (Lipinski definition) is 7. The summed E-state index contributed by atoms with van der Waals surface area (Å²) in [5.41, 5.74) is 6.72. The lowest BCUT2D eigenvalue weighted by molar-refractivity contribution is -0.384. The summed E-state index contributed by atoms with van der Waals surface area (Å²) in [4.78, 5) is 40.7. The van der Waals surface area contributed by atoms with E-state index >= 15 is 0 Å². The Morgan fingerprint density at radius 1 is 1.09 bits per heavy atom. The van der Waals surface area contributed by atoms with Gasteiger partial charge in [0.05, 0.1) is 18.6 Å². The molecular weight excluding hydrogens is 414 g/mol. The second-order valence-electron chi connectivity index (χ2n) is 7.45. The van der Waals surface area contributed by atoms with Crippen LogP contribution in [-0.4, -0.2) is 68.0 Å². The second kappa shape index (κ2) is 10.5. The van der Waals surface area contributed by atoms with Gasteiger partial charge in [0, 0.05) is 50.9 Å². The molecule has 1 fully saturated rings. The van der Waals surface area contributed by atoms with E-state index in [2.05, 4.69) is 0 Å². The van der Waals surface area contributed by atoms with Crippen LogP contribution in [0.15, 0.2) is 48.5 Å². The van der Waals surface area contributed by atoms with Gasteiger partial charge in [-0.25, -0.2) is 0 Å². The maximum atomic E-state index is 13.0. The third-order valence-electron chi connectivity index (χ3n) is 5.44. The van der Waals surface area contributed by atoms with Crippen LogP contribution in [0, 0.1) is 10.1 Å². The zero-order chi connectivity index (χ0) is 23.1. The molecule has 1 aliphatic rings. The van der Waals surface area contributed by atoms with Gasteiger partial charge in [0.2, 0.25) is 11.8 Å². The lowest BCUT2D eigenvalue weighted by Crippen LogP contribution is -2.51. The van der Waals surface area contributed by atoms with E-state index in [0.29, 0.717) is 44.2 Å². The Morgan fingerprint density at radius 2 is 1.75 bits per heavy atom. The van der Waals surface area contributed by atoms with Crippen molar-refractivity contribution in [2.45, 2.75) is 6.42 Å². The van der Waals surface area contributed by atoms with E-state index in [-0.39, 0.29) is 24.6 Å². The molecule has 1 aliphatic heterocycles. The van der Waals surface area contributed by atoms with Gasteiger partial charge in [0.25, 0.3) is 5.69 Å². The zero-order valence-corrected chi connectivity index (χ0v) is 18.0. The minimum absolute atomic E-state index is 0.0596. The molecule has 0 aromatic heterocycles. The lowest BCUT2D eigenvalue weighted by atomic mass is 10.2. The van der Waals surface area contributed by atoms with Gasteiger partial charge >= 0.3 is 0 Å². The predicted molar refractivity (Wildman–Crippen MR) is 121 cm³/mol. The highest BCUT2D eigenvalue weighted by atomic mass is 16.6. The van der Waals surface area contributed by atoms with E-state index in [0.717, 1.165) is 5.69 Å². The van der Waals surface area contributed by atoms with Crippen molar-refractivity contribution in [1.29, 1.82) is 0 Å². The van der Waals surface area contributed by atoms with Crippen LogP contribution >= 0.6 is 0 Å². The minimum atomic E-state index is -0.436. The van der Waals surface area contributed by atoms with Crippen LogP contribution < -0.4 is 20.3 Å². The number of carbonyl (C=O) groups is 2. The van der Waals surface area contributed by atoms with Gasteiger partial charge in [-0.05, 0) is 30.3 Å². The molecule has 0 atom stereocenters. The number of nitrogens with zero attached hydrogens (tertiary/aromatic N) is 4. The highest BCUT2D eigenvalue weighted by Crippen LogP contribution is 2.28. The topological polar surface area (TPSA) is 122 Å². The van der Waals surface area contributed by atoms with Crippen LogP contribution in [-0.2, 0) is 9.59 Å². The molecular formula is C22H27N5O5. The number of methoxy groups -OCH3 is 1. The molecule has 2 aromatic carbocycles. The monoisotopic (exact) mass is 441 g/mol. The summed E-state index contributed by atoms with van der Waals surface area (Å²) in [6.45, 7) is 2.34. The van der Waals surface area contributed by atoms with Crippen molar-refractivity contribution in [3.05, 3.63) is 58.6 Å². The molecule has 2 aromatic rings. The maximum Gasteiger partial charge on any atom is 0.292 e. The number of primary amides is 1. The van der Waals surface area contributed by atoms with Crippen LogP contribution in [0.25, 0.3) is 0 Å². The molecule has 1 heterocycles. The first kappa shape index (κ1) is 22.9. The Hall–Kier alpha value is -3.82. The molecule has 10 nitrogen and oxygen atoms in total. The van der Waals surface area contributed by atoms with Crippen LogP contribution in [0.5, 0.6) is 5.75 Å². The Bertz CT molecular complexity index is 957. The molecule has 0 unspecified atom stereocenters. The Morgan fingerprint density at radius 3 is 2.34 bits per heavy atom. The summed E-state index contributed by atoms with van der Waals surface area (Å²) >= 11 is 0. The largest absolute Gasteiger partial charge is 0.497 e. The normalized spacial score (nSPS) is 13.5. The molecule has 0 saturated carbocycles. The van der Waals surface area contributed by atoms with E-state index in [1.54, 1.807) is 42.3 Å². The summed E-state index contributed by atoms with van der Waals surface area (Å²) in [7, 11) is 1.58. The van der Waals surface area contributed by atoms with Crippen molar-refractivity contribution >= 4 is 28.9 Å². The molecule has 2 N–H and O–H groups in total. The molecule has 0 aliphatic carbocycles. The first-order valence-electron chi connectivity index (χ1n) is 10.3. The van der Waals surface area contributed by atoms with Crippen molar-refractivity contribution in [2.75, 3.05) is 56.2 Å². The van der Waals surface area contributed by atoms with E-state index in [1.165, 1.54) is 6.07 Å². The number of hydrogen-bond donors (Lipinski definition) is 1. The van der Waals surface area contributed by atoms with Gasteiger partial charge in [0.1, 0.15) is 11.4 Å². The fraction of sp³-hybridized carbons (Fsp3) is 0.364. The van der Waals surface area contributed by atoms with Gasteiger partial charge in [-0.1, -0.05) is 12.1 Å². The van der Waals surface area contributed by atoms with E-state index in [9.17, 15) is 19.7 Å². The maximum absolute atomic E-state index is 13.0. The average Bonchev–Trinajstić information content (AvgIpc) is 2.81. The van der Waals surface area contributed by atoms with E-state index in [4.69, 9.17) is 10.5 Å². The van der Waals surface area contributed by atoms with Crippen LogP contribution in [0.2, 0.25) is 0 Å². The number of nitro benzene ring substituents is 1.